The van der Waals surface area contributed by atoms with Crippen LogP contribution >= 0.6 is 11.6 Å². The Morgan fingerprint density at radius 1 is 1.09 bits per heavy atom. The fourth-order valence-electron chi connectivity index (χ4n) is 2.22. The molecule has 2 aromatic carbocycles. The summed E-state index contributed by atoms with van der Waals surface area (Å²) in [6, 6.07) is 15.0. The fraction of sp³-hybridized carbons (Fsp3) is 0.118. The van der Waals surface area contributed by atoms with Crippen molar-refractivity contribution in [2.75, 3.05) is 5.32 Å². The van der Waals surface area contributed by atoms with Gasteiger partial charge in [0.25, 0.3) is 0 Å². The number of para-hydroxylation sites is 1. The van der Waals surface area contributed by atoms with Gasteiger partial charge in [0.2, 0.25) is 5.28 Å². The minimum atomic E-state index is 0.127. The van der Waals surface area contributed by atoms with E-state index in [0.29, 0.717) is 17.8 Å². The predicted octanol–water partition coefficient (Wildman–Crippen LogP) is 4.62. The SMILES string of the molecule is CCC(=O)c1ccc(Nc2nc(Cl)nc3ccccc23)cc1. The average molecular weight is 312 g/mol. The van der Waals surface area contributed by atoms with Gasteiger partial charge in [-0.1, -0.05) is 19.1 Å². The second-order valence-corrected chi connectivity index (χ2v) is 5.18. The van der Waals surface area contributed by atoms with E-state index in [0.717, 1.165) is 16.6 Å². The quantitative estimate of drug-likeness (QED) is 0.564. The lowest BCUT2D eigenvalue weighted by atomic mass is 10.1. The summed E-state index contributed by atoms with van der Waals surface area (Å²) >= 11 is 5.97. The van der Waals surface area contributed by atoms with E-state index in [1.54, 1.807) is 12.1 Å². The number of anilines is 2. The van der Waals surface area contributed by atoms with Crippen LogP contribution in [0, 0.1) is 0 Å². The summed E-state index contributed by atoms with van der Waals surface area (Å²) in [6.45, 7) is 1.85. The molecule has 0 radical (unpaired) electrons. The summed E-state index contributed by atoms with van der Waals surface area (Å²) in [4.78, 5) is 20.1. The van der Waals surface area contributed by atoms with Gasteiger partial charge in [0.1, 0.15) is 5.82 Å². The first-order valence-electron chi connectivity index (χ1n) is 7.00. The molecule has 0 saturated heterocycles. The number of carbonyl (C=O) groups is 1. The number of aromatic nitrogens is 2. The Morgan fingerprint density at radius 2 is 1.82 bits per heavy atom. The van der Waals surface area contributed by atoms with E-state index >= 15 is 0 Å². The second-order valence-electron chi connectivity index (χ2n) is 4.84. The third-order valence-corrected chi connectivity index (χ3v) is 3.54. The topological polar surface area (TPSA) is 54.9 Å². The number of carbonyl (C=O) groups excluding carboxylic acids is 1. The zero-order chi connectivity index (χ0) is 15.5. The van der Waals surface area contributed by atoms with Crippen LogP contribution in [-0.4, -0.2) is 15.8 Å². The van der Waals surface area contributed by atoms with Gasteiger partial charge in [0.05, 0.1) is 5.52 Å². The highest BCUT2D eigenvalue weighted by molar-refractivity contribution is 6.28. The Morgan fingerprint density at radius 3 is 2.55 bits per heavy atom. The highest BCUT2D eigenvalue weighted by Crippen LogP contribution is 2.25. The van der Waals surface area contributed by atoms with Gasteiger partial charge in [0.15, 0.2) is 5.78 Å². The number of nitrogens with zero attached hydrogens (tertiary/aromatic N) is 2. The molecule has 0 aliphatic rings. The molecule has 0 aliphatic heterocycles. The standard InChI is InChI=1S/C17H14ClN3O/c1-2-15(22)11-7-9-12(10-8-11)19-16-13-5-3-4-6-14(13)20-17(18)21-16/h3-10H,2H2,1H3,(H,19,20,21). The van der Waals surface area contributed by atoms with Crippen molar-refractivity contribution in [3.05, 3.63) is 59.4 Å². The largest absolute Gasteiger partial charge is 0.340 e. The molecule has 0 bridgehead atoms. The first-order chi connectivity index (χ1) is 10.7. The van der Waals surface area contributed by atoms with Crippen molar-refractivity contribution in [3.63, 3.8) is 0 Å². The van der Waals surface area contributed by atoms with Crippen LogP contribution in [0.25, 0.3) is 10.9 Å². The van der Waals surface area contributed by atoms with Crippen molar-refractivity contribution in [1.29, 1.82) is 0 Å². The van der Waals surface area contributed by atoms with Crippen LogP contribution in [0.1, 0.15) is 23.7 Å². The maximum atomic E-state index is 11.6. The van der Waals surface area contributed by atoms with Crippen LogP contribution in [0.15, 0.2) is 48.5 Å². The lowest BCUT2D eigenvalue weighted by molar-refractivity contribution is 0.0988. The predicted molar refractivity (Wildman–Crippen MR) is 88.9 cm³/mol. The minimum absolute atomic E-state index is 0.127. The maximum Gasteiger partial charge on any atom is 0.224 e. The zero-order valence-electron chi connectivity index (χ0n) is 12.0. The molecule has 110 valence electrons. The summed E-state index contributed by atoms with van der Waals surface area (Å²) in [5, 5.41) is 4.31. The van der Waals surface area contributed by atoms with Gasteiger partial charge in [-0.05, 0) is 48.0 Å². The fourth-order valence-corrected chi connectivity index (χ4v) is 2.40. The number of ketones is 1. The molecule has 0 saturated carbocycles. The molecule has 0 spiro atoms. The summed E-state index contributed by atoms with van der Waals surface area (Å²) in [5.74, 6) is 0.771. The highest BCUT2D eigenvalue weighted by atomic mass is 35.5. The molecule has 0 aliphatic carbocycles. The van der Waals surface area contributed by atoms with Gasteiger partial charge in [-0.3, -0.25) is 4.79 Å². The van der Waals surface area contributed by atoms with Gasteiger partial charge in [-0.15, -0.1) is 0 Å². The Hall–Kier alpha value is -2.46. The average Bonchev–Trinajstić information content (AvgIpc) is 2.54. The van der Waals surface area contributed by atoms with Gasteiger partial charge < -0.3 is 5.32 Å². The van der Waals surface area contributed by atoms with E-state index in [2.05, 4.69) is 15.3 Å². The third kappa shape index (κ3) is 2.92. The molecule has 0 atom stereocenters. The van der Waals surface area contributed by atoms with E-state index in [-0.39, 0.29) is 11.1 Å². The van der Waals surface area contributed by atoms with Crippen molar-refractivity contribution in [2.24, 2.45) is 0 Å². The maximum absolute atomic E-state index is 11.6. The normalized spacial score (nSPS) is 10.6. The van der Waals surface area contributed by atoms with E-state index in [1.165, 1.54) is 0 Å². The Balaban J connectivity index is 1.94. The molecule has 0 unspecified atom stereocenters. The van der Waals surface area contributed by atoms with Gasteiger partial charge in [0, 0.05) is 23.1 Å². The number of Topliss-reactive ketones (excluding diaryl/α,β-unsaturated/α-hetero) is 1. The second kappa shape index (κ2) is 6.12. The molecular weight excluding hydrogens is 298 g/mol. The Labute approximate surface area is 133 Å². The van der Waals surface area contributed by atoms with Crippen molar-refractivity contribution < 1.29 is 4.79 Å². The van der Waals surface area contributed by atoms with Crippen molar-refractivity contribution in [3.8, 4) is 0 Å². The molecule has 1 aromatic heterocycles. The molecule has 0 fully saturated rings. The van der Waals surface area contributed by atoms with Crippen LogP contribution in [0.4, 0.5) is 11.5 Å². The van der Waals surface area contributed by atoms with E-state index in [9.17, 15) is 4.79 Å². The molecule has 3 aromatic rings. The molecule has 1 heterocycles. The number of halogens is 1. The zero-order valence-corrected chi connectivity index (χ0v) is 12.8. The van der Waals surface area contributed by atoms with E-state index in [4.69, 9.17) is 11.6 Å². The number of hydrogen-bond donors (Lipinski definition) is 1. The number of fused-ring (bicyclic) bond motifs is 1. The smallest absolute Gasteiger partial charge is 0.224 e. The number of benzene rings is 2. The number of rotatable bonds is 4. The Kier molecular flexibility index (Phi) is 4.02. The number of nitrogens with one attached hydrogen (secondary N) is 1. The lowest BCUT2D eigenvalue weighted by Crippen LogP contribution is -1.99. The summed E-state index contributed by atoms with van der Waals surface area (Å²) < 4.78 is 0. The van der Waals surface area contributed by atoms with E-state index < -0.39 is 0 Å². The molecule has 5 heteroatoms. The minimum Gasteiger partial charge on any atom is -0.340 e. The van der Waals surface area contributed by atoms with Gasteiger partial charge >= 0.3 is 0 Å². The van der Waals surface area contributed by atoms with Crippen LogP contribution in [0.5, 0.6) is 0 Å². The van der Waals surface area contributed by atoms with Crippen molar-refractivity contribution in [1.82, 2.24) is 9.97 Å². The Bertz CT molecular complexity index is 831. The molecular formula is C17H14ClN3O. The monoisotopic (exact) mass is 311 g/mol. The van der Waals surface area contributed by atoms with Crippen LogP contribution in [0.2, 0.25) is 5.28 Å². The third-order valence-electron chi connectivity index (χ3n) is 3.37. The van der Waals surface area contributed by atoms with Crippen LogP contribution in [0.3, 0.4) is 0 Å². The van der Waals surface area contributed by atoms with E-state index in [1.807, 2.05) is 43.3 Å². The van der Waals surface area contributed by atoms with Gasteiger partial charge in [-0.25, -0.2) is 4.98 Å². The molecule has 0 amide bonds. The van der Waals surface area contributed by atoms with Crippen molar-refractivity contribution in [2.45, 2.75) is 13.3 Å². The highest BCUT2D eigenvalue weighted by Gasteiger charge is 2.07. The van der Waals surface area contributed by atoms with Crippen molar-refractivity contribution >= 4 is 39.8 Å². The first kappa shape index (κ1) is 14.5. The molecule has 3 rings (SSSR count). The summed E-state index contributed by atoms with van der Waals surface area (Å²) in [5.41, 5.74) is 2.33. The lowest BCUT2D eigenvalue weighted by Gasteiger charge is -2.09. The summed E-state index contributed by atoms with van der Waals surface area (Å²) in [7, 11) is 0. The first-order valence-corrected chi connectivity index (χ1v) is 7.37. The molecule has 1 N–H and O–H groups in total. The molecule has 4 nitrogen and oxygen atoms in total. The number of hydrogen-bond acceptors (Lipinski definition) is 4. The van der Waals surface area contributed by atoms with Gasteiger partial charge in [-0.2, -0.15) is 4.98 Å². The molecule has 22 heavy (non-hydrogen) atoms. The van der Waals surface area contributed by atoms with Crippen LogP contribution in [-0.2, 0) is 0 Å². The van der Waals surface area contributed by atoms with Crippen LogP contribution < -0.4 is 5.32 Å². The summed E-state index contributed by atoms with van der Waals surface area (Å²) in [6.07, 6.45) is 0.499.